The molecule has 0 amide bonds. The SMILES string of the molecule is CC1(C)C(=O)C(C2=NS(=O)(=O)c3ccccc3N2)=C(O)c2ccccc21. The third kappa shape index (κ3) is 2.20. The van der Waals surface area contributed by atoms with Crippen LogP contribution in [0.25, 0.3) is 5.76 Å². The number of aliphatic hydroxyl groups excluding tert-OH is 1. The van der Waals surface area contributed by atoms with E-state index in [1.807, 2.05) is 0 Å². The summed E-state index contributed by atoms with van der Waals surface area (Å²) in [6.45, 7) is 3.48. The van der Waals surface area contributed by atoms with Gasteiger partial charge >= 0.3 is 0 Å². The number of anilines is 1. The van der Waals surface area contributed by atoms with E-state index in [2.05, 4.69) is 9.71 Å². The fourth-order valence-electron chi connectivity index (χ4n) is 3.35. The first kappa shape index (κ1) is 16.5. The highest BCUT2D eigenvalue weighted by atomic mass is 32.2. The van der Waals surface area contributed by atoms with Crippen LogP contribution in [-0.4, -0.2) is 25.1 Å². The molecule has 132 valence electrons. The summed E-state index contributed by atoms with van der Waals surface area (Å²) in [5.41, 5.74) is 0.455. The molecule has 1 aliphatic carbocycles. The number of para-hydroxylation sites is 1. The fourth-order valence-corrected chi connectivity index (χ4v) is 4.48. The number of rotatable bonds is 1. The zero-order chi connectivity index (χ0) is 18.7. The molecule has 26 heavy (non-hydrogen) atoms. The minimum absolute atomic E-state index is 0.0340. The summed E-state index contributed by atoms with van der Waals surface area (Å²) in [6, 6.07) is 13.3. The average molecular weight is 368 g/mol. The largest absolute Gasteiger partial charge is 0.506 e. The maximum atomic E-state index is 13.1. The highest BCUT2D eigenvalue weighted by Gasteiger charge is 2.43. The lowest BCUT2D eigenvalue weighted by molar-refractivity contribution is -0.119. The Hall–Kier alpha value is -2.93. The van der Waals surface area contributed by atoms with Crippen LogP contribution in [0.3, 0.4) is 0 Å². The van der Waals surface area contributed by atoms with Gasteiger partial charge in [-0.1, -0.05) is 36.4 Å². The summed E-state index contributed by atoms with van der Waals surface area (Å²) >= 11 is 0. The molecule has 2 aromatic carbocycles. The predicted molar refractivity (Wildman–Crippen MR) is 98.7 cm³/mol. The molecule has 0 saturated carbocycles. The molecule has 1 aliphatic heterocycles. The molecule has 0 radical (unpaired) electrons. The van der Waals surface area contributed by atoms with Crippen molar-refractivity contribution < 1.29 is 18.3 Å². The van der Waals surface area contributed by atoms with E-state index in [0.29, 0.717) is 16.8 Å². The first-order valence-corrected chi connectivity index (χ1v) is 9.47. The van der Waals surface area contributed by atoms with E-state index in [4.69, 9.17) is 0 Å². The summed E-state index contributed by atoms with van der Waals surface area (Å²) in [5, 5.41) is 13.6. The molecule has 0 atom stereocenters. The lowest BCUT2D eigenvalue weighted by Gasteiger charge is -2.33. The first-order valence-electron chi connectivity index (χ1n) is 8.03. The smallest absolute Gasteiger partial charge is 0.286 e. The molecular formula is C19H16N2O4S. The second kappa shape index (κ2) is 5.28. The van der Waals surface area contributed by atoms with Gasteiger partial charge in [-0.15, -0.1) is 4.40 Å². The van der Waals surface area contributed by atoms with Crippen molar-refractivity contribution >= 4 is 33.1 Å². The van der Waals surface area contributed by atoms with Crippen LogP contribution in [0.2, 0.25) is 0 Å². The Morgan fingerprint density at radius 3 is 2.46 bits per heavy atom. The molecule has 7 heteroatoms. The Balaban J connectivity index is 1.97. The molecule has 2 N–H and O–H groups in total. The topological polar surface area (TPSA) is 95.8 Å². The maximum absolute atomic E-state index is 13.1. The quantitative estimate of drug-likeness (QED) is 0.807. The predicted octanol–water partition coefficient (Wildman–Crippen LogP) is 3.03. The van der Waals surface area contributed by atoms with Gasteiger partial charge in [-0.2, -0.15) is 8.42 Å². The maximum Gasteiger partial charge on any atom is 0.286 e. The minimum Gasteiger partial charge on any atom is -0.506 e. The number of amidine groups is 1. The second-order valence-electron chi connectivity index (χ2n) is 6.76. The van der Waals surface area contributed by atoms with Crippen molar-refractivity contribution in [3.63, 3.8) is 0 Å². The molecule has 0 spiro atoms. The number of benzene rings is 2. The monoisotopic (exact) mass is 368 g/mol. The molecule has 2 aliphatic rings. The molecule has 0 unspecified atom stereocenters. The molecule has 6 nitrogen and oxygen atoms in total. The highest BCUT2D eigenvalue weighted by Crippen LogP contribution is 2.40. The van der Waals surface area contributed by atoms with Crippen molar-refractivity contribution in [2.45, 2.75) is 24.2 Å². The Morgan fingerprint density at radius 2 is 1.69 bits per heavy atom. The highest BCUT2D eigenvalue weighted by molar-refractivity contribution is 7.90. The normalized spacial score (nSPS) is 19.9. The minimum atomic E-state index is -3.97. The van der Waals surface area contributed by atoms with Gasteiger partial charge in [0, 0.05) is 5.56 Å². The van der Waals surface area contributed by atoms with Gasteiger partial charge in [0.1, 0.15) is 16.2 Å². The lowest BCUT2D eigenvalue weighted by atomic mass is 9.71. The number of ketones is 1. The molecular weight excluding hydrogens is 352 g/mol. The molecule has 0 aromatic heterocycles. The molecule has 2 aromatic rings. The van der Waals surface area contributed by atoms with Crippen molar-refractivity contribution in [2.75, 3.05) is 5.32 Å². The van der Waals surface area contributed by atoms with E-state index >= 15 is 0 Å². The molecule has 0 bridgehead atoms. The first-order chi connectivity index (χ1) is 12.2. The van der Waals surface area contributed by atoms with Crippen LogP contribution in [0, 0.1) is 0 Å². The van der Waals surface area contributed by atoms with E-state index in [9.17, 15) is 18.3 Å². The van der Waals surface area contributed by atoms with Gasteiger partial charge in [0.05, 0.1) is 11.1 Å². The zero-order valence-corrected chi connectivity index (χ0v) is 15.0. The van der Waals surface area contributed by atoms with E-state index < -0.39 is 21.2 Å². The van der Waals surface area contributed by atoms with Crippen molar-refractivity contribution in [2.24, 2.45) is 4.40 Å². The van der Waals surface area contributed by atoms with E-state index in [-0.39, 0.29) is 22.1 Å². The number of Topliss-reactive ketones (excluding diaryl/α,β-unsaturated/α-hetero) is 1. The number of sulfonamides is 1. The van der Waals surface area contributed by atoms with Crippen molar-refractivity contribution in [3.05, 3.63) is 65.2 Å². The van der Waals surface area contributed by atoms with E-state index in [1.165, 1.54) is 6.07 Å². The van der Waals surface area contributed by atoms with Crippen LogP contribution in [0.4, 0.5) is 5.69 Å². The van der Waals surface area contributed by atoms with Crippen LogP contribution >= 0.6 is 0 Å². The van der Waals surface area contributed by atoms with Crippen LogP contribution in [0.1, 0.15) is 25.0 Å². The van der Waals surface area contributed by atoms with Gasteiger partial charge < -0.3 is 10.4 Å². The molecule has 4 rings (SSSR count). The third-order valence-electron chi connectivity index (χ3n) is 4.75. The number of nitrogens with one attached hydrogen (secondary N) is 1. The number of nitrogens with zero attached hydrogens (tertiary/aromatic N) is 1. The number of carbonyl (C=O) groups excluding carboxylic acids is 1. The average Bonchev–Trinajstić information content (AvgIpc) is 2.60. The van der Waals surface area contributed by atoms with E-state index in [1.54, 1.807) is 56.3 Å². The number of fused-ring (bicyclic) bond motifs is 2. The number of aliphatic hydroxyl groups is 1. The fraction of sp³-hybridized carbons (Fsp3) is 0.158. The Kier molecular flexibility index (Phi) is 3.36. The zero-order valence-electron chi connectivity index (χ0n) is 14.1. The summed E-state index contributed by atoms with van der Waals surface area (Å²) in [7, 11) is -3.97. The van der Waals surface area contributed by atoms with Crippen molar-refractivity contribution in [3.8, 4) is 0 Å². The van der Waals surface area contributed by atoms with Gasteiger partial charge in [0.15, 0.2) is 11.6 Å². The van der Waals surface area contributed by atoms with Crippen molar-refractivity contribution in [1.82, 2.24) is 0 Å². The Morgan fingerprint density at radius 1 is 1.04 bits per heavy atom. The Bertz CT molecular complexity index is 1130. The van der Waals surface area contributed by atoms with Gasteiger partial charge in [-0.25, -0.2) is 0 Å². The van der Waals surface area contributed by atoms with Crippen LogP contribution in [-0.2, 0) is 20.2 Å². The van der Waals surface area contributed by atoms with Gasteiger partial charge in [-0.3, -0.25) is 4.79 Å². The number of hydrogen-bond donors (Lipinski definition) is 2. The van der Waals surface area contributed by atoms with E-state index in [0.717, 1.165) is 0 Å². The summed E-state index contributed by atoms with van der Waals surface area (Å²) in [6.07, 6.45) is 0. The Labute approximate surface area is 151 Å². The lowest BCUT2D eigenvalue weighted by Crippen LogP contribution is -2.40. The molecule has 0 fully saturated rings. The van der Waals surface area contributed by atoms with Gasteiger partial charge in [-0.05, 0) is 31.5 Å². The van der Waals surface area contributed by atoms with Crippen LogP contribution in [0.15, 0.2) is 63.4 Å². The van der Waals surface area contributed by atoms with Crippen LogP contribution < -0.4 is 5.32 Å². The molecule has 1 heterocycles. The summed E-state index contributed by atoms with van der Waals surface area (Å²) in [4.78, 5) is 13.1. The summed E-state index contributed by atoms with van der Waals surface area (Å²) in [5.74, 6) is -0.825. The van der Waals surface area contributed by atoms with Gasteiger partial charge in [0.25, 0.3) is 10.0 Å². The summed E-state index contributed by atoms with van der Waals surface area (Å²) < 4.78 is 28.8. The van der Waals surface area contributed by atoms with Crippen molar-refractivity contribution in [1.29, 1.82) is 0 Å². The molecule has 0 saturated heterocycles. The third-order valence-corrected chi connectivity index (χ3v) is 6.09. The standard InChI is InChI=1S/C19H16N2O4S/c1-19(2)12-8-4-3-7-11(12)16(22)15(17(19)23)18-20-13-9-5-6-10-14(13)26(24,25)21-18/h3-10,22H,1-2H3,(H,20,21). The van der Waals surface area contributed by atoms with Gasteiger partial charge in [0.2, 0.25) is 0 Å². The van der Waals surface area contributed by atoms with Crippen LogP contribution in [0.5, 0.6) is 0 Å². The second-order valence-corrected chi connectivity index (χ2v) is 8.33. The number of hydrogen-bond acceptors (Lipinski definition) is 5. The number of carbonyl (C=O) groups is 1.